The van der Waals surface area contributed by atoms with Gasteiger partial charge in [-0.05, 0) is 55.8 Å². The van der Waals surface area contributed by atoms with Crippen molar-refractivity contribution in [2.75, 3.05) is 13.2 Å². The zero-order valence-corrected chi connectivity index (χ0v) is 16.5. The molecule has 4 rings (SSSR count). The number of furan rings is 1. The molecule has 6 heteroatoms. The number of rotatable bonds is 4. The Morgan fingerprint density at radius 2 is 2.00 bits per heavy atom. The molecule has 1 atom stereocenters. The Hall–Kier alpha value is -2.15. The minimum Gasteiger partial charge on any atom is -0.491 e. The topological polar surface area (TPSA) is 79.9 Å². The molecule has 140 valence electrons. The summed E-state index contributed by atoms with van der Waals surface area (Å²) in [6.07, 6.45) is -0.948. The zero-order valence-electron chi connectivity index (χ0n) is 15.0. The van der Waals surface area contributed by atoms with E-state index in [1.165, 1.54) is 0 Å². The van der Waals surface area contributed by atoms with E-state index in [0.717, 1.165) is 15.4 Å². The van der Waals surface area contributed by atoms with Crippen molar-refractivity contribution in [3.8, 4) is 5.75 Å². The van der Waals surface area contributed by atoms with Gasteiger partial charge in [-0.1, -0.05) is 15.9 Å². The Kier molecular flexibility index (Phi) is 4.37. The largest absolute Gasteiger partial charge is 0.491 e. The van der Waals surface area contributed by atoms with Crippen LogP contribution in [0.1, 0.15) is 41.1 Å². The van der Waals surface area contributed by atoms with E-state index in [1.807, 2.05) is 38.1 Å². The highest BCUT2D eigenvalue weighted by Gasteiger charge is 2.41. The van der Waals surface area contributed by atoms with E-state index in [0.29, 0.717) is 28.2 Å². The van der Waals surface area contributed by atoms with Crippen LogP contribution in [0.3, 0.4) is 0 Å². The summed E-state index contributed by atoms with van der Waals surface area (Å²) in [5.41, 5.74) is 2.19. The van der Waals surface area contributed by atoms with Crippen LogP contribution >= 0.6 is 15.9 Å². The van der Waals surface area contributed by atoms with Gasteiger partial charge in [-0.15, -0.1) is 0 Å². The Bertz CT molecular complexity index is 1050. The second-order valence-corrected chi connectivity index (χ2v) is 8.17. The lowest BCUT2D eigenvalue weighted by Gasteiger charge is -2.31. The monoisotopic (exact) mass is 430 g/mol. The molecule has 0 radical (unpaired) electrons. The van der Waals surface area contributed by atoms with Crippen molar-refractivity contribution in [1.29, 1.82) is 0 Å². The first kappa shape index (κ1) is 18.2. The predicted molar refractivity (Wildman–Crippen MR) is 105 cm³/mol. The smallest absolute Gasteiger partial charge is 0.197 e. The molecular weight excluding hydrogens is 412 g/mol. The zero-order chi connectivity index (χ0) is 19.3. The molecule has 27 heavy (non-hydrogen) atoms. The number of ether oxygens (including phenoxy) is 1. The fourth-order valence-corrected chi connectivity index (χ4v) is 3.91. The quantitative estimate of drug-likeness (QED) is 0.657. The van der Waals surface area contributed by atoms with Crippen molar-refractivity contribution in [3.05, 3.63) is 63.3 Å². The standard InChI is InChI=1S/C21H19BrO5/c1-21(2)16-8-13(26-10-12(24)9-23)4-6-14(16)19(25)18-15-5-3-11(22)7-17(15)27-20(18)21/h3-8,12,23-24H,9-10H2,1-2H3. The summed E-state index contributed by atoms with van der Waals surface area (Å²) in [5, 5.41) is 19.2. The van der Waals surface area contributed by atoms with E-state index in [9.17, 15) is 9.90 Å². The van der Waals surface area contributed by atoms with Gasteiger partial charge in [0.15, 0.2) is 5.78 Å². The number of halogens is 1. The number of carbonyl (C=O) groups is 1. The predicted octanol–water partition coefficient (Wildman–Crippen LogP) is 3.80. The maximum Gasteiger partial charge on any atom is 0.197 e. The molecule has 1 aromatic heterocycles. The Labute approximate surface area is 164 Å². The van der Waals surface area contributed by atoms with Crippen LogP contribution in [0.25, 0.3) is 11.0 Å². The van der Waals surface area contributed by atoms with Crippen LogP contribution in [-0.4, -0.2) is 35.3 Å². The van der Waals surface area contributed by atoms with Crippen molar-refractivity contribution in [2.45, 2.75) is 25.4 Å². The fraction of sp³-hybridized carbons (Fsp3) is 0.286. The summed E-state index contributed by atoms with van der Waals surface area (Å²) < 4.78 is 12.6. The van der Waals surface area contributed by atoms with E-state index in [2.05, 4.69) is 15.9 Å². The van der Waals surface area contributed by atoms with Gasteiger partial charge >= 0.3 is 0 Å². The van der Waals surface area contributed by atoms with E-state index in [1.54, 1.807) is 12.1 Å². The Balaban J connectivity index is 1.83. The molecule has 0 amide bonds. The molecule has 0 aliphatic heterocycles. The summed E-state index contributed by atoms with van der Waals surface area (Å²) in [4.78, 5) is 13.2. The summed E-state index contributed by atoms with van der Waals surface area (Å²) in [7, 11) is 0. The van der Waals surface area contributed by atoms with Gasteiger partial charge in [0.1, 0.15) is 29.8 Å². The van der Waals surface area contributed by atoms with Gasteiger partial charge in [0.05, 0.1) is 12.2 Å². The Morgan fingerprint density at radius 3 is 2.74 bits per heavy atom. The number of carbonyl (C=O) groups excluding carboxylic acids is 1. The second kappa shape index (κ2) is 6.48. The minimum absolute atomic E-state index is 0.0203. The van der Waals surface area contributed by atoms with E-state index in [-0.39, 0.29) is 19.0 Å². The molecule has 5 nitrogen and oxygen atoms in total. The molecule has 1 aliphatic carbocycles. The molecule has 0 saturated carbocycles. The SMILES string of the molecule is CC1(C)c2cc(OCC(O)CO)ccc2C(=O)c2c1oc1cc(Br)ccc21. The lowest BCUT2D eigenvalue weighted by Crippen LogP contribution is -2.29. The van der Waals surface area contributed by atoms with E-state index >= 15 is 0 Å². The number of fused-ring (bicyclic) bond motifs is 4. The average molecular weight is 431 g/mol. The van der Waals surface area contributed by atoms with Crippen LogP contribution in [0.15, 0.2) is 45.3 Å². The van der Waals surface area contributed by atoms with Crippen molar-refractivity contribution < 1.29 is 24.2 Å². The first-order valence-electron chi connectivity index (χ1n) is 8.66. The number of aliphatic hydroxyl groups excluding tert-OH is 2. The van der Waals surface area contributed by atoms with Gasteiger partial charge in [-0.2, -0.15) is 0 Å². The molecule has 1 unspecified atom stereocenters. The minimum atomic E-state index is -0.948. The first-order valence-corrected chi connectivity index (χ1v) is 9.45. The number of benzene rings is 2. The molecule has 0 spiro atoms. The van der Waals surface area contributed by atoms with Gasteiger partial charge in [-0.3, -0.25) is 4.79 Å². The molecule has 2 aromatic carbocycles. The van der Waals surface area contributed by atoms with Crippen LogP contribution < -0.4 is 4.74 Å². The van der Waals surface area contributed by atoms with Gasteiger partial charge in [0, 0.05) is 20.8 Å². The van der Waals surface area contributed by atoms with Crippen molar-refractivity contribution >= 4 is 32.7 Å². The first-order chi connectivity index (χ1) is 12.8. The number of ketones is 1. The summed E-state index contributed by atoms with van der Waals surface area (Å²) >= 11 is 3.44. The third-order valence-corrected chi connectivity index (χ3v) is 5.50. The third kappa shape index (κ3) is 2.88. The van der Waals surface area contributed by atoms with Crippen molar-refractivity contribution in [3.63, 3.8) is 0 Å². The maximum atomic E-state index is 13.2. The van der Waals surface area contributed by atoms with Crippen molar-refractivity contribution in [2.24, 2.45) is 0 Å². The van der Waals surface area contributed by atoms with Gasteiger partial charge < -0.3 is 19.4 Å². The molecule has 2 N–H and O–H groups in total. The Morgan fingerprint density at radius 1 is 1.22 bits per heavy atom. The fourth-order valence-electron chi connectivity index (χ4n) is 3.57. The molecule has 0 bridgehead atoms. The molecule has 0 saturated heterocycles. The summed E-state index contributed by atoms with van der Waals surface area (Å²) in [5.74, 6) is 1.10. The van der Waals surface area contributed by atoms with Gasteiger partial charge in [0.25, 0.3) is 0 Å². The molecule has 0 fully saturated rings. The number of aliphatic hydroxyl groups is 2. The average Bonchev–Trinajstić information content (AvgIpc) is 3.04. The van der Waals surface area contributed by atoms with Crippen LogP contribution in [0.2, 0.25) is 0 Å². The van der Waals surface area contributed by atoms with Crippen LogP contribution in [-0.2, 0) is 5.41 Å². The van der Waals surface area contributed by atoms with Gasteiger partial charge in [0.2, 0.25) is 0 Å². The van der Waals surface area contributed by atoms with Crippen molar-refractivity contribution in [1.82, 2.24) is 0 Å². The lowest BCUT2D eigenvalue weighted by atomic mass is 9.72. The molecule has 1 aliphatic rings. The van der Waals surface area contributed by atoms with E-state index in [4.69, 9.17) is 14.3 Å². The highest BCUT2D eigenvalue weighted by molar-refractivity contribution is 9.10. The number of hydrogen-bond acceptors (Lipinski definition) is 5. The number of hydrogen-bond donors (Lipinski definition) is 2. The van der Waals surface area contributed by atoms with Crippen LogP contribution in [0.4, 0.5) is 0 Å². The third-order valence-electron chi connectivity index (χ3n) is 5.01. The van der Waals surface area contributed by atoms with Gasteiger partial charge in [-0.25, -0.2) is 0 Å². The summed E-state index contributed by atoms with van der Waals surface area (Å²) in [6.45, 7) is 3.64. The molecular formula is C21H19BrO5. The second-order valence-electron chi connectivity index (χ2n) is 7.26. The molecule has 1 heterocycles. The maximum absolute atomic E-state index is 13.2. The lowest BCUT2D eigenvalue weighted by molar-refractivity contribution is 0.0535. The highest BCUT2D eigenvalue weighted by Crippen LogP contribution is 2.46. The summed E-state index contributed by atoms with van der Waals surface area (Å²) in [6, 6.07) is 10.9. The van der Waals surface area contributed by atoms with Crippen LogP contribution in [0.5, 0.6) is 5.75 Å². The normalized spacial score (nSPS) is 16.1. The highest BCUT2D eigenvalue weighted by atomic mass is 79.9. The molecule has 3 aromatic rings. The van der Waals surface area contributed by atoms with E-state index < -0.39 is 11.5 Å². The van der Waals surface area contributed by atoms with Crippen LogP contribution in [0, 0.1) is 0 Å².